The fraction of sp³-hybridized carbons (Fsp3) is 0.447. The summed E-state index contributed by atoms with van der Waals surface area (Å²) in [5, 5.41) is 21.0. The van der Waals surface area contributed by atoms with E-state index < -0.39 is 109 Å². The Morgan fingerprint density at radius 3 is 2.32 bits per heavy atom. The summed E-state index contributed by atoms with van der Waals surface area (Å²) < 4.78 is 131. The first kappa shape index (κ1) is 49.2. The number of nitrogens with one attached hydrogen (secondary N) is 1. The number of fused-ring (bicyclic) bond motifs is 4. The van der Waals surface area contributed by atoms with Gasteiger partial charge < -0.3 is 10.4 Å². The van der Waals surface area contributed by atoms with Gasteiger partial charge in [0.25, 0.3) is 11.8 Å². The molecule has 2 N–H and O–H groups in total. The fourth-order valence-electron chi connectivity index (χ4n) is 8.99. The van der Waals surface area contributed by atoms with Crippen LogP contribution in [-0.4, -0.2) is 76.8 Å². The van der Waals surface area contributed by atoms with Crippen LogP contribution in [0.4, 0.5) is 30.7 Å². The van der Waals surface area contributed by atoms with Gasteiger partial charge in [0, 0.05) is 71.3 Å². The molecular formula is C47H44ClF7N6O5S2. The van der Waals surface area contributed by atoms with E-state index in [-0.39, 0.29) is 47.8 Å². The first-order chi connectivity index (χ1) is 31.6. The normalized spacial score (nSPS) is 18.1. The number of nitrogens with zero attached hydrogens (tertiary/aromatic N) is 5. The number of hydrogen-bond acceptors (Lipinski definition) is 9. The van der Waals surface area contributed by atoms with Crippen LogP contribution < -0.4 is 5.32 Å². The molecule has 0 radical (unpaired) electrons. The SMILES string of the molecule is Cn1nc(CC(=S)CNC(=O)C(C)(C)O)c2c(Cl)ccc(-c3ccc(C#CC(C)(C)S(=O)(=O)C4CC4)nc3[C@@H](CC(=O)Cn3nc(C(F)(F)F)c4c3C(F)(F)[C@@H]3C[C@H]43)Cc3cc(F)cc(F)c3)c21. The molecule has 3 aliphatic rings. The van der Waals surface area contributed by atoms with Gasteiger partial charge >= 0.3 is 6.18 Å². The molecule has 5 aromatic rings. The summed E-state index contributed by atoms with van der Waals surface area (Å²) in [6.07, 6.45) is -5.16. The van der Waals surface area contributed by atoms with Crippen LogP contribution in [0.15, 0.2) is 42.5 Å². The minimum absolute atomic E-state index is 0.0265. The van der Waals surface area contributed by atoms with Crippen molar-refractivity contribution in [2.75, 3.05) is 6.54 Å². The van der Waals surface area contributed by atoms with E-state index in [1.807, 2.05) is 0 Å². The van der Waals surface area contributed by atoms with Gasteiger partial charge in [0.15, 0.2) is 21.3 Å². The highest BCUT2D eigenvalue weighted by molar-refractivity contribution is 7.93. The minimum atomic E-state index is -5.09. The van der Waals surface area contributed by atoms with Gasteiger partial charge in [0.05, 0.1) is 27.2 Å². The molecule has 2 fully saturated rings. The van der Waals surface area contributed by atoms with Gasteiger partial charge in [-0.25, -0.2) is 22.2 Å². The molecule has 3 aliphatic carbocycles. The summed E-state index contributed by atoms with van der Waals surface area (Å²) in [5.74, 6) is -5.05. The summed E-state index contributed by atoms with van der Waals surface area (Å²) in [5.41, 5.74) is -3.09. The van der Waals surface area contributed by atoms with Crippen LogP contribution >= 0.6 is 23.8 Å². The zero-order valence-corrected chi connectivity index (χ0v) is 39.6. The Kier molecular flexibility index (Phi) is 12.5. The Balaban J connectivity index is 1.25. The Labute approximate surface area is 396 Å². The van der Waals surface area contributed by atoms with E-state index in [1.165, 1.54) is 38.4 Å². The number of carbonyl (C=O) groups excluding carboxylic acids is 2. The quantitative estimate of drug-likeness (QED) is 0.0599. The van der Waals surface area contributed by atoms with Crippen molar-refractivity contribution in [3.8, 4) is 23.0 Å². The van der Waals surface area contributed by atoms with Crippen LogP contribution in [0.2, 0.25) is 5.02 Å². The Bertz CT molecular complexity index is 3090. The molecule has 0 bridgehead atoms. The van der Waals surface area contributed by atoms with Crippen molar-refractivity contribution >= 4 is 61.1 Å². The van der Waals surface area contributed by atoms with Crippen molar-refractivity contribution in [2.24, 2.45) is 13.0 Å². The number of Topliss-reactive ketones (excluding diaryl/α,β-unsaturated/α-hetero) is 1. The van der Waals surface area contributed by atoms with Crippen molar-refractivity contribution in [2.45, 2.75) is 112 Å². The standard InChI is InChI=1S/C47H44ClF7N6O5S2/c1-44(2,68(65,66)30-7-8-30)13-12-27-6-9-31(32-10-11-35(48)38-36(58-60(5)40(32)38)19-29(67)21-56-43(63)45(3,4)64)39(57-27)24(14-23-15-25(49)18-26(50)16-23)17-28(62)22-61-42-37(41(59-61)47(53,54)55)33-20-34(33)46(42,51)52/h6,9-11,15-16,18,24,30,33-34,64H,7-8,14,17,19-22H2,1-5H3,(H,56,63)/t24-,33+,34-/m1/s1. The molecule has 0 saturated heterocycles. The molecular weight excluding hydrogens is 961 g/mol. The summed E-state index contributed by atoms with van der Waals surface area (Å²) in [7, 11) is -2.08. The third kappa shape index (κ3) is 9.43. The van der Waals surface area contributed by atoms with Crippen molar-refractivity contribution in [3.05, 3.63) is 98.7 Å². The van der Waals surface area contributed by atoms with Gasteiger partial charge in [-0.15, -0.1) is 0 Å². The number of rotatable bonds is 15. The number of halogens is 8. The molecule has 0 spiro atoms. The van der Waals surface area contributed by atoms with Crippen molar-refractivity contribution in [1.82, 2.24) is 29.9 Å². The second kappa shape index (κ2) is 17.3. The zero-order chi connectivity index (χ0) is 49.6. The third-order valence-corrected chi connectivity index (χ3v) is 16.0. The van der Waals surface area contributed by atoms with Crippen molar-refractivity contribution in [3.63, 3.8) is 0 Å². The van der Waals surface area contributed by atoms with Crippen molar-refractivity contribution < 1.29 is 53.8 Å². The number of alkyl halides is 5. The summed E-state index contributed by atoms with van der Waals surface area (Å²) >= 11 is 12.4. The lowest BCUT2D eigenvalue weighted by molar-refractivity contribution is -0.142. The van der Waals surface area contributed by atoms with Gasteiger partial charge in [0.2, 0.25) is 0 Å². The number of sulfone groups is 1. The Morgan fingerprint density at radius 1 is 1.03 bits per heavy atom. The number of amides is 1. The average Bonchev–Trinajstić information content (AvgIpc) is 4.15. The molecule has 3 aromatic heterocycles. The maximum Gasteiger partial charge on any atom is 0.435 e. The number of ketones is 1. The molecule has 68 heavy (non-hydrogen) atoms. The highest BCUT2D eigenvalue weighted by Crippen LogP contribution is 2.68. The monoisotopic (exact) mass is 1000 g/mol. The minimum Gasteiger partial charge on any atom is -0.381 e. The topological polar surface area (TPSA) is 149 Å². The van der Waals surface area contributed by atoms with E-state index >= 15 is 8.78 Å². The van der Waals surface area contributed by atoms with E-state index in [1.54, 1.807) is 25.2 Å². The summed E-state index contributed by atoms with van der Waals surface area (Å²) in [6.45, 7) is 4.47. The first-order valence-electron chi connectivity index (χ1n) is 21.6. The lowest BCUT2D eigenvalue weighted by Crippen LogP contribution is -2.43. The predicted octanol–water partition coefficient (Wildman–Crippen LogP) is 8.48. The molecule has 11 nitrogen and oxygen atoms in total. The Morgan fingerprint density at radius 2 is 1.69 bits per heavy atom. The molecule has 0 unspecified atom stereocenters. The zero-order valence-electron chi connectivity index (χ0n) is 37.2. The Hall–Kier alpha value is -5.23. The van der Waals surface area contributed by atoms with E-state index in [2.05, 4.69) is 27.4 Å². The van der Waals surface area contributed by atoms with Gasteiger partial charge in [-0.3, -0.25) is 19.0 Å². The van der Waals surface area contributed by atoms with Gasteiger partial charge in [-0.2, -0.15) is 32.1 Å². The molecule has 2 saturated carbocycles. The number of benzene rings is 2. The van der Waals surface area contributed by atoms with E-state index in [4.69, 9.17) is 28.8 Å². The molecule has 360 valence electrons. The highest BCUT2D eigenvalue weighted by atomic mass is 35.5. The molecule has 21 heteroatoms. The van der Waals surface area contributed by atoms with Crippen molar-refractivity contribution in [1.29, 1.82) is 0 Å². The first-order valence-corrected chi connectivity index (χ1v) is 23.9. The van der Waals surface area contributed by atoms with Crippen LogP contribution in [-0.2, 0) is 58.0 Å². The maximum atomic E-state index is 15.6. The number of hydrogen-bond donors (Lipinski definition) is 2. The molecule has 0 aliphatic heterocycles. The molecule has 3 atom stereocenters. The van der Waals surface area contributed by atoms with E-state index in [0.29, 0.717) is 56.2 Å². The summed E-state index contributed by atoms with van der Waals surface area (Å²) in [6, 6.07) is 8.98. The van der Waals surface area contributed by atoms with Gasteiger partial charge in [-0.05, 0) is 101 Å². The number of pyridine rings is 1. The third-order valence-electron chi connectivity index (χ3n) is 12.5. The van der Waals surface area contributed by atoms with Crippen LogP contribution in [0.25, 0.3) is 22.0 Å². The average molecular weight is 1010 g/mol. The largest absolute Gasteiger partial charge is 0.435 e. The number of aryl methyl sites for hydroxylation is 1. The van der Waals surface area contributed by atoms with Crippen LogP contribution in [0, 0.1) is 29.4 Å². The number of thiocarbonyl (C=S) groups is 1. The second-order valence-corrected chi connectivity index (χ2v) is 22.5. The molecule has 2 aromatic carbocycles. The van der Waals surface area contributed by atoms with Crippen LogP contribution in [0.5, 0.6) is 0 Å². The van der Waals surface area contributed by atoms with Crippen LogP contribution in [0.1, 0.15) is 105 Å². The molecule has 1 amide bonds. The lowest BCUT2D eigenvalue weighted by Gasteiger charge is -2.22. The lowest BCUT2D eigenvalue weighted by atomic mass is 9.86. The van der Waals surface area contributed by atoms with Gasteiger partial charge in [-0.1, -0.05) is 35.8 Å². The second-order valence-electron chi connectivity index (χ2n) is 18.7. The molecule has 3 heterocycles. The summed E-state index contributed by atoms with van der Waals surface area (Å²) in [4.78, 5) is 31.8. The number of aliphatic hydroxyl groups is 1. The van der Waals surface area contributed by atoms with E-state index in [9.17, 15) is 45.1 Å². The van der Waals surface area contributed by atoms with E-state index in [0.717, 1.165) is 12.1 Å². The predicted molar refractivity (Wildman–Crippen MR) is 242 cm³/mol. The van der Waals surface area contributed by atoms with Crippen LogP contribution in [0.3, 0.4) is 0 Å². The van der Waals surface area contributed by atoms with Gasteiger partial charge in [0.1, 0.15) is 39.9 Å². The number of carbonyl (C=O) groups is 2. The molecule has 8 rings (SSSR count). The fourth-order valence-corrected chi connectivity index (χ4v) is 11.2. The number of aromatic nitrogens is 5. The highest BCUT2D eigenvalue weighted by Gasteiger charge is 2.68. The smallest absolute Gasteiger partial charge is 0.381 e. The maximum absolute atomic E-state index is 15.6.